The highest BCUT2D eigenvalue weighted by Gasteiger charge is 2.36. The normalized spacial score (nSPS) is 16.3. The summed E-state index contributed by atoms with van der Waals surface area (Å²) in [6.45, 7) is 1.71. The lowest BCUT2D eigenvalue weighted by atomic mass is 9.90. The number of rotatable bonds is 4. The van der Waals surface area contributed by atoms with Gasteiger partial charge in [-0.3, -0.25) is 9.78 Å². The quantitative estimate of drug-likeness (QED) is 0.774. The Labute approximate surface area is 112 Å². The molecule has 0 saturated heterocycles. The molecule has 1 aliphatic carbocycles. The van der Waals surface area contributed by atoms with Gasteiger partial charge in [0.1, 0.15) is 6.04 Å². The Bertz CT molecular complexity index is 457. The molecule has 1 aromatic rings. The van der Waals surface area contributed by atoms with Crippen LogP contribution in [0.1, 0.15) is 36.5 Å². The number of carbonyl (C=O) groups excluding carboxylic acids is 2. The fourth-order valence-electron chi connectivity index (χ4n) is 2.25. The first-order valence-electron chi connectivity index (χ1n) is 6.45. The third-order valence-electron chi connectivity index (χ3n) is 3.57. The number of pyridine rings is 1. The summed E-state index contributed by atoms with van der Waals surface area (Å²) in [6.07, 6.45) is 6.11. The van der Waals surface area contributed by atoms with Gasteiger partial charge >= 0.3 is 5.97 Å². The van der Waals surface area contributed by atoms with Crippen molar-refractivity contribution in [2.75, 3.05) is 7.11 Å². The van der Waals surface area contributed by atoms with E-state index in [2.05, 4.69) is 4.98 Å². The molecule has 0 aliphatic heterocycles. The van der Waals surface area contributed by atoms with E-state index in [9.17, 15) is 9.59 Å². The summed E-state index contributed by atoms with van der Waals surface area (Å²) >= 11 is 0. The Morgan fingerprint density at radius 1 is 1.47 bits per heavy atom. The Hall–Kier alpha value is -1.91. The highest BCUT2D eigenvalue weighted by molar-refractivity contribution is 5.96. The molecular weight excluding hydrogens is 244 g/mol. The molecule has 1 aliphatic rings. The molecule has 2 rings (SSSR count). The van der Waals surface area contributed by atoms with Gasteiger partial charge in [-0.05, 0) is 38.3 Å². The number of carbonyl (C=O) groups is 2. The molecule has 1 saturated carbocycles. The van der Waals surface area contributed by atoms with E-state index in [1.54, 1.807) is 30.2 Å². The number of ether oxygens (including phenoxy) is 1. The number of amides is 1. The molecule has 1 fully saturated rings. The molecule has 0 radical (unpaired) electrons. The van der Waals surface area contributed by atoms with Crippen LogP contribution in [0.3, 0.4) is 0 Å². The van der Waals surface area contributed by atoms with Crippen LogP contribution in [0, 0.1) is 0 Å². The fourth-order valence-corrected chi connectivity index (χ4v) is 2.25. The van der Waals surface area contributed by atoms with E-state index < -0.39 is 6.04 Å². The summed E-state index contributed by atoms with van der Waals surface area (Å²) in [6, 6.07) is 2.99. The molecule has 5 nitrogen and oxygen atoms in total. The lowest BCUT2D eigenvalue weighted by molar-refractivity contribution is -0.146. The Kier molecular flexibility index (Phi) is 4.14. The van der Waals surface area contributed by atoms with Gasteiger partial charge in [0.25, 0.3) is 5.91 Å². The minimum Gasteiger partial charge on any atom is -0.467 e. The molecule has 1 atom stereocenters. The highest BCUT2D eigenvalue weighted by atomic mass is 16.5. The average molecular weight is 262 g/mol. The smallest absolute Gasteiger partial charge is 0.328 e. The largest absolute Gasteiger partial charge is 0.467 e. The van der Waals surface area contributed by atoms with Crippen molar-refractivity contribution >= 4 is 11.9 Å². The van der Waals surface area contributed by atoms with Gasteiger partial charge in [-0.2, -0.15) is 0 Å². The number of esters is 1. The molecule has 0 aromatic carbocycles. The minimum atomic E-state index is -0.567. The third kappa shape index (κ3) is 2.75. The first-order valence-corrected chi connectivity index (χ1v) is 6.45. The van der Waals surface area contributed by atoms with Crippen molar-refractivity contribution in [2.24, 2.45) is 0 Å². The van der Waals surface area contributed by atoms with E-state index >= 15 is 0 Å². The van der Waals surface area contributed by atoms with E-state index in [1.165, 1.54) is 13.3 Å². The van der Waals surface area contributed by atoms with E-state index in [0.717, 1.165) is 19.3 Å². The molecule has 0 N–H and O–H groups in total. The Morgan fingerprint density at radius 2 is 2.21 bits per heavy atom. The van der Waals surface area contributed by atoms with Gasteiger partial charge < -0.3 is 9.64 Å². The standard InChI is InChI=1S/C14H18N2O3/c1-10(14(18)19-2)16(12-6-3-7-12)13(17)11-5-4-8-15-9-11/h4-5,8-10,12H,3,6-7H2,1-2H3/t10-/m0/s1. The van der Waals surface area contributed by atoms with Crippen LogP contribution in [0.4, 0.5) is 0 Å². The molecule has 0 spiro atoms. The summed E-state index contributed by atoms with van der Waals surface area (Å²) in [7, 11) is 1.34. The van der Waals surface area contributed by atoms with Crippen molar-refractivity contribution in [3.8, 4) is 0 Å². The third-order valence-corrected chi connectivity index (χ3v) is 3.57. The van der Waals surface area contributed by atoms with Gasteiger partial charge in [-0.25, -0.2) is 4.79 Å². The molecule has 1 heterocycles. The molecule has 102 valence electrons. The highest BCUT2D eigenvalue weighted by Crippen LogP contribution is 2.28. The lowest BCUT2D eigenvalue weighted by Gasteiger charge is -2.40. The van der Waals surface area contributed by atoms with Crippen LogP contribution in [0.2, 0.25) is 0 Å². The second-order valence-electron chi connectivity index (χ2n) is 4.74. The van der Waals surface area contributed by atoms with Crippen LogP contribution < -0.4 is 0 Å². The van der Waals surface area contributed by atoms with Crippen molar-refractivity contribution in [2.45, 2.75) is 38.3 Å². The summed E-state index contributed by atoms with van der Waals surface area (Å²) < 4.78 is 4.75. The van der Waals surface area contributed by atoms with Crippen LogP contribution in [-0.2, 0) is 9.53 Å². The molecular formula is C14H18N2O3. The number of nitrogens with zero attached hydrogens (tertiary/aromatic N) is 2. The van der Waals surface area contributed by atoms with Crippen molar-refractivity contribution in [1.29, 1.82) is 0 Å². The van der Waals surface area contributed by atoms with Crippen LogP contribution in [0.25, 0.3) is 0 Å². The Morgan fingerprint density at radius 3 is 2.68 bits per heavy atom. The van der Waals surface area contributed by atoms with Crippen molar-refractivity contribution < 1.29 is 14.3 Å². The summed E-state index contributed by atoms with van der Waals surface area (Å²) in [5.74, 6) is -0.542. The van der Waals surface area contributed by atoms with E-state index in [-0.39, 0.29) is 17.9 Å². The van der Waals surface area contributed by atoms with Crippen LogP contribution in [-0.4, -0.2) is 41.0 Å². The Balaban J connectivity index is 2.22. The summed E-state index contributed by atoms with van der Waals surface area (Å²) in [4.78, 5) is 29.8. The first kappa shape index (κ1) is 13.5. The molecule has 0 unspecified atom stereocenters. The predicted octanol–water partition coefficient (Wildman–Crippen LogP) is 1.64. The maximum absolute atomic E-state index is 12.5. The van der Waals surface area contributed by atoms with Gasteiger partial charge in [0, 0.05) is 18.4 Å². The fraction of sp³-hybridized carbons (Fsp3) is 0.500. The number of methoxy groups -OCH3 is 1. The molecule has 0 bridgehead atoms. The minimum absolute atomic E-state index is 0.127. The monoisotopic (exact) mass is 262 g/mol. The van der Waals surface area contributed by atoms with Crippen LogP contribution in [0.15, 0.2) is 24.5 Å². The van der Waals surface area contributed by atoms with Crippen molar-refractivity contribution in [3.05, 3.63) is 30.1 Å². The zero-order valence-corrected chi connectivity index (χ0v) is 11.2. The number of aromatic nitrogens is 1. The zero-order valence-electron chi connectivity index (χ0n) is 11.2. The maximum atomic E-state index is 12.5. The predicted molar refractivity (Wildman–Crippen MR) is 69.5 cm³/mol. The summed E-state index contributed by atoms with van der Waals surface area (Å²) in [5.41, 5.74) is 0.505. The van der Waals surface area contributed by atoms with E-state index in [0.29, 0.717) is 5.56 Å². The number of hydrogen-bond donors (Lipinski definition) is 0. The lowest BCUT2D eigenvalue weighted by Crippen LogP contribution is -2.52. The SMILES string of the molecule is COC(=O)[C@H](C)N(C(=O)c1cccnc1)C1CCC1. The average Bonchev–Trinajstić information content (AvgIpc) is 2.41. The van der Waals surface area contributed by atoms with Gasteiger partial charge in [0.2, 0.25) is 0 Å². The van der Waals surface area contributed by atoms with Gasteiger partial charge in [-0.1, -0.05) is 0 Å². The molecule has 1 amide bonds. The van der Waals surface area contributed by atoms with Gasteiger partial charge in [-0.15, -0.1) is 0 Å². The van der Waals surface area contributed by atoms with Gasteiger partial charge in [0.05, 0.1) is 12.7 Å². The molecule has 19 heavy (non-hydrogen) atoms. The second kappa shape index (κ2) is 5.82. The van der Waals surface area contributed by atoms with Gasteiger partial charge in [0.15, 0.2) is 0 Å². The van der Waals surface area contributed by atoms with E-state index in [1.807, 2.05) is 0 Å². The molecule has 5 heteroatoms. The molecule has 1 aromatic heterocycles. The van der Waals surface area contributed by atoms with Crippen LogP contribution >= 0.6 is 0 Å². The maximum Gasteiger partial charge on any atom is 0.328 e. The van der Waals surface area contributed by atoms with Crippen LogP contribution in [0.5, 0.6) is 0 Å². The zero-order chi connectivity index (χ0) is 13.8. The van der Waals surface area contributed by atoms with E-state index in [4.69, 9.17) is 4.74 Å². The van der Waals surface area contributed by atoms with Crippen molar-refractivity contribution in [1.82, 2.24) is 9.88 Å². The summed E-state index contributed by atoms with van der Waals surface area (Å²) in [5, 5.41) is 0. The second-order valence-corrected chi connectivity index (χ2v) is 4.74. The van der Waals surface area contributed by atoms with Crippen molar-refractivity contribution in [3.63, 3.8) is 0 Å². The topological polar surface area (TPSA) is 59.5 Å². The number of hydrogen-bond acceptors (Lipinski definition) is 4. The first-order chi connectivity index (χ1) is 9.15.